The van der Waals surface area contributed by atoms with Crippen LogP contribution in [0.4, 0.5) is 0 Å². The molecule has 1 fully saturated rings. The SMILES string of the molecule is [SiH3]C1CC([SiH3])(Cl)C1. The summed E-state index contributed by atoms with van der Waals surface area (Å²) < 4.78 is 0.340. The van der Waals surface area contributed by atoms with Crippen LogP contribution in [0.3, 0.4) is 0 Å². The highest BCUT2D eigenvalue weighted by molar-refractivity contribution is 6.46. The highest BCUT2D eigenvalue weighted by Crippen LogP contribution is 2.42. The lowest BCUT2D eigenvalue weighted by Gasteiger charge is -2.38. The van der Waals surface area contributed by atoms with Crippen molar-refractivity contribution in [3.8, 4) is 0 Å². The monoisotopic (exact) mass is 150 g/mol. The number of hydrogen-bond acceptors (Lipinski definition) is 0. The predicted molar refractivity (Wildman–Crippen MR) is 41.4 cm³/mol. The third kappa shape index (κ3) is 1.30. The van der Waals surface area contributed by atoms with E-state index in [0.717, 1.165) is 5.54 Å². The number of halogens is 1. The molecular weight excluding hydrogens is 140 g/mol. The summed E-state index contributed by atoms with van der Waals surface area (Å²) in [5.74, 6) is 0. The Bertz CT molecular complexity index is 73.8. The molecule has 1 aliphatic rings. The second-order valence-corrected chi connectivity index (χ2v) is 8.02. The fourth-order valence-corrected chi connectivity index (χ4v) is 7.27. The van der Waals surface area contributed by atoms with Gasteiger partial charge in [0.1, 0.15) is 0 Å². The molecule has 0 heterocycles. The minimum absolute atomic E-state index is 0.340. The largest absolute Gasteiger partial charge is 0.124 e. The summed E-state index contributed by atoms with van der Waals surface area (Å²) in [6.07, 6.45) is 2.65. The van der Waals surface area contributed by atoms with E-state index in [1.807, 2.05) is 0 Å². The molecule has 1 aliphatic carbocycles. The number of alkyl halides is 1. The van der Waals surface area contributed by atoms with Crippen LogP contribution in [0.1, 0.15) is 12.8 Å². The molecule has 3 heteroatoms. The Balaban J connectivity index is 2.29. The fraction of sp³-hybridized carbons (Fsp3) is 1.00. The highest BCUT2D eigenvalue weighted by atomic mass is 35.5. The van der Waals surface area contributed by atoms with Crippen molar-refractivity contribution in [2.45, 2.75) is 22.9 Å². The van der Waals surface area contributed by atoms with Crippen molar-refractivity contribution in [1.82, 2.24) is 0 Å². The van der Waals surface area contributed by atoms with Crippen LogP contribution in [0.15, 0.2) is 0 Å². The Morgan fingerprint density at radius 1 is 1.57 bits per heavy atom. The predicted octanol–water partition coefficient (Wildman–Crippen LogP) is -0.765. The zero-order valence-corrected chi connectivity index (χ0v) is 9.63. The van der Waals surface area contributed by atoms with E-state index in [1.54, 1.807) is 0 Å². The van der Waals surface area contributed by atoms with Crippen LogP contribution in [0.5, 0.6) is 0 Å². The van der Waals surface area contributed by atoms with E-state index in [0.29, 0.717) is 4.50 Å². The first-order valence-corrected chi connectivity index (χ1v) is 5.32. The molecule has 0 nitrogen and oxygen atoms in total. The minimum Gasteiger partial charge on any atom is -0.124 e. The van der Waals surface area contributed by atoms with E-state index in [9.17, 15) is 0 Å². The van der Waals surface area contributed by atoms with Crippen LogP contribution < -0.4 is 0 Å². The average Bonchev–Trinajstić information content (AvgIpc) is 1.27. The third-order valence-electron chi connectivity index (χ3n) is 1.55. The lowest BCUT2D eigenvalue weighted by molar-refractivity contribution is 0.466. The smallest absolute Gasteiger partial charge is 0.0293 e. The summed E-state index contributed by atoms with van der Waals surface area (Å²) in [5, 5.41) is 0. The average molecular weight is 151 g/mol. The summed E-state index contributed by atoms with van der Waals surface area (Å²) in [7, 11) is 2.56. The Hall–Kier alpha value is 0.724. The van der Waals surface area contributed by atoms with Gasteiger partial charge in [0, 0.05) is 25.0 Å². The zero-order chi connectivity index (χ0) is 5.49. The van der Waals surface area contributed by atoms with Gasteiger partial charge in [-0.25, -0.2) is 0 Å². The molecule has 0 spiro atoms. The molecule has 1 saturated carbocycles. The number of rotatable bonds is 0. The summed E-state index contributed by atoms with van der Waals surface area (Å²) >= 11 is 5.98. The molecule has 0 bridgehead atoms. The van der Waals surface area contributed by atoms with Crippen LogP contribution in [0.25, 0.3) is 0 Å². The molecule has 0 aromatic heterocycles. The third-order valence-corrected chi connectivity index (χ3v) is 3.49. The first kappa shape index (κ1) is 5.85. The maximum atomic E-state index is 5.98. The van der Waals surface area contributed by atoms with Crippen molar-refractivity contribution in [1.29, 1.82) is 0 Å². The van der Waals surface area contributed by atoms with Gasteiger partial charge in [-0.3, -0.25) is 0 Å². The van der Waals surface area contributed by atoms with Crippen molar-refractivity contribution in [3.63, 3.8) is 0 Å². The Kier molecular flexibility index (Phi) is 1.34. The highest BCUT2D eigenvalue weighted by Gasteiger charge is 2.34. The van der Waals surface area contributed by atoms with Gasteiger partial charge in [-0.05, 0) is 12.8 Å². The standard InChI is InChI=1S/C4H11ClSi2/c5-4(7)1-3(6)2-4/h3H,1-2H2,6-7H3. The van der Waals surface area contributed by atoms with Gasteiger partial charge in [-0.15, -0.1) is 11.6 Å². The normalized spacial score (nSPS) is 51.9. The molecule has 0 aliphatic heterocycles. The lowest BCUT2D eigenvalue weighted by atomic mass is 9.97. The minimum atomic E-state index is 0.340. The van der Waals surface area contributed by atoms with E-state index in [1.165, 1.54) is 33.3 Å². The Morgan fingerprint density at radius 3 is 2.00 bits per heavy atom. The van der Waals surface area contributed by atoms with Crippen molar-refractivity contribution < 1.29 is 0 Å². The molecular formula is C4H11ClSi2. The van der Waals surface area contributed by atoms with Crippen molar-refractivity contribution in [3.05, 3.63) is 0 Å². The number of hydrogen-bond donors (Lipinski definition) is 0. The van der Waals surface area contributed by atoms with Gasteiger partial charge < -0.3 is 0 Å². The maximum absolute atomic E-state index is 5.98. The van der Waals surface area contributed by atoms with Gasteiger partial charge in [0.15, 0.2) is 0 Å². The Labute approximate surface area is 55.5 Å². The summed E-state index contributed by atoms with van der Waals surface area (Å²) in [5.41, 5.74) is 1.05. The van der Waals surface area contributed by atoms with E-state index in [4.69, 9.17) is 11.6 Å². The fourth-order valence-electron chi connectivity index (χ4n) is 1.39. The molecule has 7 heavy (non-hydrogen) atoms. The molecule has 0 unspecified atom stereocenters. The van der Waals surface area contributed by atoms with Gasteiger partial charge in [0.05, 0.1) is 0 Å². The first-order valence-electron chi connectivity index (χ1n) is 2.79. The maximum Gasteiger partial charge on any atom is 0.0293 e. The van der Waals surface area contributed by atoms with Crippen LogP contribution in [0.2, 0.25) is 5.54 Å². The van der Waals surface area contributed by atoms with Crippen LogP contribution in [-0.2, 0) is 0 Å². The zero-order valence-electron chi connectivity index (χ0n) is 4.87. The van der Waals surface area contributed by atoms with Crippen LogP contribution in [-0.4, -0.2) is 25.0 Å². The van der Waals surface area contributed by atoms with Crippen LogP contribution in [0, 0.1) is 0 Å². The molecule has 1 rings (SSSR count). The van der Waals surface area contributed by atoms with Gasteiger partial charge in [-0.2, -0.15) is 0 Å². The summed E-state index contributed by atoms with van der Waals surface area (Å²) in [6.45, 7) is 0. The van der Waals surface area contributed by atoms with Gasteiger partial charge >= 0.3 is 0 Å². The quantitative estimate of drug-likeness (QED) is 0.315. The molecule has 0 aromatic rings. The second kappa shape index (κ2) is 1.60. The van der Waals surface area contributed by atoms with Gasteiger partial charge in [0.2, 0.25) is 0 Å². The van der Waals surface area contributed by atoms with Crippen molar-refractivity contribution >= 4 is 32.1 Å². The summed E-state index contributed by atoms with van der Waals surface area (Å²) in [6, 6.07) is 0. The molecule has 0 amide bonds. The van der Waals surface area contributed by atoms with E-state index >= 15 is 0 Å². The Morgan fingerprint density at radius 2 is 2.00 bits per heavy atom. The van der Waals surface area contributed by atoms with Gasteiger partial charge in [-0.1, -0.05) is 5.54 Å². The van der Waals surface area contributed by atoms with Crippen molar-refractivity contribution in [2.75, 3.05) is 0 Å². The second-order valence-electron chi connectivity index (χ2n) is 2.93. The van der Waals surface area contributed by atoms with Crippen molar-refractivity contribution in [2.24, 2.45) is 0 Å². The lowest BCUT2D eigenvalue weighted by Crippen LogP contribution is -2.35. The van der Waals surface area contributed by atoms with Crippen LogP contribution >= 0.6 is 11.6 Å². The summed E-state index contributed by atoms with van der Waals surface area (Å²) in [4.78, 5) is 0. The van der Waals surface area contributed by atoms with E-state index in [-0.39, 0.29) is 0 Å². The molecule has 0 radical (unpaired) electrons. The molecule has 42 valence electrons. The molecule has 0 saturated heterocycles. The molecule has 0 atom stereocenters. The first-order chi connectivity index (χ1) is 3.10. The molecule has 0 aromatic carbocycles. The topological polar surface area (TPSA) is 0 Å². The van der Waals surface area contributed by atoms with E-state index < -0.39 is 0 Å². The van der Waals surface area contributed by atoms with E-state index in [2.05, 4.69) is 0 Å². The van der Waals surface area contributed by atoms with Gasteiger partial charge in [0.25, 0.3) is 0 Å². The molecule has 0 N–H and O–H groups in total.